The van der Waals surface area contributed by atoms with Gasteiger partial charge in [0.15, 0.2) is 23.2 Å². The average Bonchev–Trinajstić information content (AvgIpc) is 3.22. The van der Waals surface area contributed by atoms with Crippen LogP contribution in [0.1, 0.15) is 25.1 Å². The lowest BCUT2D eigenvalue weighted by Gasteiger charge is -2.21. The van der Waals surface area contributed by atoms with Crippen LogP contribution in [-0.2, 0) is 11.2 Å². The number of carbonyl (C=O) groups is 1. The topological polar surface area (TPSA) is 51.7 Å². The van der Waals surface area contributed by atoms with Gasteiger partial charge >= 0.3 is 0 Å². The zero-order chi connectivity index (χ0) is 19.7. The third kappa shape index (κ3) is 3.73. The second kappa shape index (κ2) is 7.28. The second-order valence-corrected chi connectivity index (χ2v) is 8.24. The maximum atomic E-state index is 13.1. The normalized spacial score (nSPS) is 14.2. The van der Waals surface area contributed by atoms with Gasteiger partial charge in [-0.15, -0.1) is 11.3 Å². The number of aromatic nitrogens is 1. The van der Waals surface area contributed by atoms with Crippen molar-refractivity contribution in [1.29, 1.82) is 0 Å². The molecule has 0 radical (unpaired) electrons. The Morgan fingerprint density at radius 3 is 2.71 bits per heavy atom. The van der Waals surface area contributed by atoms with Gasteiger partial charge in [0.25, 0.3) is 5.91 Å². The molecule has 1 aromatic heterocycles. The van der Waals surface area contributed by atoms with Crippen LogP contribution >= 0.6 is 11.3 Å². The summed E-state index contributed by atoms with van der Waals surface area (Å²) in [6, 6.07) is 15.3. The number of anilines is 2. The first-order valence-electron chi connectivity index (χ1n) is 9.17. The molecular weight excluding hydrogens is 372 g/mol. The Balaban J connectivity index is 1.56. The summed E-state index contributed by atoms with van der Waals surface area (Å²) >= 11 is 1.44. The summed E-state index contributed by atoms with van der Waals surface area (Å²) in [6.07, 6.45) is 0.821. The molecule has 28 heavy (non-hydrogen) atoms. The number of carbonyl (C=O) groups excluding carboxylic acids is 1. The van der Waals surface area contributed by atoms with Crippen molar-refractivity contribution in [1.82, 2.24) is 4.98 Å². The van der Waals surface area contributed by atoms with E-state index in [-0.39, 0.29) is 18.1 Å². The van der Waals surface area contributed by atoms with Gasteiger partial charge in [0.2, 0.25) is 0 Å². The molecule has 0 fully saturated rings. The fraction of sp³-hybridized carbons (Fsp3) is 0.273. The van der Waals surface area contributed by atoms with Crippen LogP contribution < -0.4 is 14.4 Å². The van der Waals surface area contributed by atoms with Gasteiger partial charge in [0.1, 0.15) is 5.60 Å². The van der Waals surface area contributed by atoms with Crippen LogP contribution in [0, 0.1) is 6.92 Å². The molecule has 2 aromatic carbocycles. The van der Waals surface area contributed by atoms with Gasteiger partial charge in [-0.2, -0.15) is 0 Å². The lowest BCUT2D eigenvalue weighted by atomic mass is 10.0. The number of benzene rings is 2. The highest BCUT2D eigenvalue weighted by Crippen LogP contribution is 2.41. The van der Waals surface area contributed by atoms with E-state index in [1.165, 1.54) is 11.3 Å². The maximum absolute atomic E-state index is 13.1. The molecule has 2 heterocycles. The van der Waals surface area contributed by atoms with E-state index in [0.29, 0.717) is 10.9 Å². The first-order chi connectivity index (χ1) is 13.4. The summed E-state index contributed by atoms with van der Waals surface area (Å²) < 4.78 is 11.9. The van der Waals surface area contributed by atoms with Gasteiger partial charge in [-0.25, -0.2) is 4.98 Å². The number of nitrogens with zero attached hydrogens (tertiary/aromatic N) is 2. The van der Waals surface area contributed by atoms with Gasteiger partial charge in [-0.3, -0.25) is 9.69 Å². The molecule has 1 aliphatic rings. The number of rotatable bonds is 5. The Morgan fingerprint density at radius 2 is 2.00 bits per heavy atom. The third-order valence-corrected chi connectivity index (χ3v) is 5.41. The molecule has 0 N–H and O–H groups in total. The number of fused-ring (bicyclic) bond motifs is 1. The smallest absolute Gasteiger partial charge is 0.271 e. The predicted molar refractivity (Wildman–Crippen MR) is 111 cm³/mol. The molecule has 0 bridgehead atoms. The highest BCUT2D eigenvalue weighted by Gasteiger charge is 2.32. The standard InChI is InChI=1S/C22H22N2O3S/c1-15-14-28-21(23-15)24(17-9-5-4-6-10-17)19(25)13-26-18-11-7-8-16-12-22(2,3)27-20(16)18/h4-11,14H,12-13H2,1-3H3. The van der Waals surface area contributed by atoms with Crippen molar-refractivity contribution >= 4 is 28.1 Å². The van der Waals surface area contributed by atoms with Crippen molar-refractivity contribution < 1.29 is 14.3 Å². The number of ether oxygens (including phenoxy) is 2. The van der Waals surface area contributed by atoms with Crippen LogP contribution in [0.3, 0.4) is 0 Å². The van der Waals surface area contributed by atoms with E-state index in [1.807, 2.05) is 74.7 Å². The van der Waals surface area contributed by atoms with Crippen LogP contribution in [0.2, 0.25) is 0 Å². The SMILES string of the molecule is Cc1csc(N(C(=O)COc2cccc3c2OC(C)(C)C3)c2ccccc2)n1. The molecule has 6 heteroatoms. The fourth-order valence-electron chi connectivity index (χ4n) is 3.29. The maximum Gasteiger partial charge on any atom is 0.271 e. The minimum Gasteiger partial charge on any atom is -0.483 e. The fourth-order valence-corrected chi connectivity index (χ4v) is 4.13. The Morgan fingerprint density at radius 1 is 1.21 bits per heavy atom. The molecule has 4 rings (SSSR count). The number of hydrogen-bond donors (Lipinski definition) is 0. The highest BCUT2D eigenvalue weighted by molar-refractivity contribution is 7.14. The Labute approximate surface area is 168 Å². The first kappa shape index (κ1) is 18.5. The molecule has 1 amide bonds. The zero-order valence-corrected chi connectivity index (χ0v) is 17.0. The van der Waals surface area contributed by atoms with Gasteiger partial charge < -0.3 is 9.47 Å². The van der Waals surface area contributed by atoms with Gasteiger partial charge in [-0.1, -0.05) is 30.3 Å². The monoisotopic (exact) mass is 394 g/mol. The van der Waals surface area contributed by atoms with Crippen molar-refractivity contribution in [3.05, 3.63) is 65.2 Å². The van der Waals surface area contributed by atoms with Crippen LogP contribution in [0.15, 0.2) is 53.9 Å². The van der Waals surface area contributed by atoms with E-state index < -0.39 is 0 Å². The van der Waals surface area contributed by atoms with E-state index in [4.69, 9.17) is 9.47 Å². The van der Waals surface area contributed by atoms with E-state index >= 15 is 0 Å². The summed E-state index contributed by atoms with van der Waals surface area (Å²) in [6.45, 7) is 5.90. The van der Waals surface area contributed by atoms with Crippen molar-refractivity contribution in [3.8, 4) is 11.5 Å². The Bertz CT molecular complexity index is 998. The molecule has 0 saturated heterocycles. The molecule has 0 spiro atoms. The lowest BCUT2D eigenvalue weighted by Crippen LogP contribution is -2.31. The number of hydrogen-bond acceptors (Lipinski definition) is 5. The van der Waals surface area contributed by atoms with Gasteiger partial charge in [-0.05, 0) is 39.0 Å². The molecule has 0 aliphatic carbocycles. The Hall–Kier alpha value is -2.86. The second-order valence-electron chi connectivity index (χ2n) is 7.41. The van der Waals surface area contributed by atoms with E-state index in [9.17, 15) is 4.79 Å². The van der Waals surface area contributed by atoms with Crippen molar-refractivity contribution in [2.75, 3.05) is 11.5 Å². The van der Waals surface area contributed by atoms with Crippen LogP contribution in [0.25, 0.3) is 0 Å². The minimum absolute atomic E-state index is 0.103. The lowest BCUT2D eigenvalue weighted by molar-refractivity contribution is -0.119. The number of amides is 1. The highest BCUT2D eigenvalue weighted by atomic mass is 32.1. The van der Waals surface area contributed by atoms with Crippen molar-refractivity contribution in [2.45, 2.75) is 32.8 Å². The van der Waals surface area contributed by atoms with Crippen LogP contribution in [0.4, 0.5) is 10.8 Å². The zero-order valence-electron chi connectivity index (χ0n) is 16.1. The van der Waals surface area contributed by atoms with Crippen LogP contribution in [0.5, 0.6) is 11.5 Å². The van der Waals surface area contributed by atoms with E-state index in [0.717, 1.165) is 29.1 Å². The van der Waals surface area contributed by atoms with Gasteiger partial charge in [0.05, 0.1) is 11.4 Å². The van der Waals surface area contributed by atoms with Crippen molar-refractivity contribution in [2.24, 2.45) is 0 Å². The predicted octanol–water partition coefficient (Wildman–Crippen LogP) is 4.91. The number of aryl methyl sites for hydroxylation is 1. The summed E-state index contributed by atoms with van der Waals surface area (Å²) in [5, 5.41) is 2.56. The summed E-state index contributed by atoms with van der Waals surface area (Å²) in [5.41, 5.74) is 2.48. The third-order valence-electron chi connectivity index (χ3n) is 4.47. The van der Waals surface area contributed by atoms with E-state index in [2.05, 4.69) is 4.98 Å². The number of para-hydroxylation sites is 2. The molecule has 144 valence electrons. The molecule has 0 atom stereocenters. The van der Waals surface area contributed by atoms with Gasteiger partial charge in [0, 0.05) is 17.4 Å². The molecular formula is C22H22N2O3S. The quantitative estimate of drug-likeness (QED) is 0.617. The summed E-state index contributed by atoms with van der Waals surface area (Å²) in [7, 11) is 0. The molecule has 1 aliphatic heterocycles. The summed E-state index contributed by atoms with van der Waals surface area (Å²) in [5.74, 6) is 1.15. The first-order valence-corrected chi connectivity index (χ1v) is 10.0. The molecule has 5 nitrogen and oxygen atoms in total. The molecule has 0 unspecified atom stereocenters. The van der Waals surface area contributed by atoms with E-state index in [1.54, 1.807) is 4.90 Å². The summed E-state index contributed by atoms with van der Waals surface area (Å²) in [4.78, 5) is 19.2. The molecule has 3 aromatic rings. The Kier molecular flexibility index (Phi) is 4.81. The number of thiazole rings is 1. The molecule has 0 saturated carbocycles. The average molecular weight is 394 g/mol. The van der Waals surface area contributed by atoms with Crippen molar-refractivity contribution in [3.63, 3.8) is 0 Å². The minimum atomic E-state index is -0.264. The largest absolute Gasteiger partial charge is 0.483 e. The van der Waals surface area contributed by atoms with Crippen LogP contribution in [-0.4, -0.2) is 23.1 Å².